The minimum atomic E-state index is 0.213. The highest BCUT2D eigenvalue weighted by atomic mass is 16.6. The summed E-state index contributed by atoms with van der Waals surface area (Å²) in [7, 11) is 0. The lowest BCUT2D eigenvalue weighted by Gasteiger charge is -2.22. The molecule has 0 fully saturated rings. The monoisotopic (exact) mass is 141 g/mol. The van der Waals surface area contributed by atoms with Crippen LogP contribution in [0.5, 0.6) is 0 Å². The average molecular weight is 141 g/mol. The summed E-state index contributed by atoms with van der Waals surface area (Å²) >= 11 is 0. The highest BCUT2D eigenvalue weighted by Crippen LogP contribution is 2.22. The lowest BCUT2D eigenvalue weighted by Crippen LogP contribution is -2.24. The maximum atomic E-state index is 5.08. The fourth-order valence-corrected chi connectivity index (χ4v) is 1.35. The Morgan fingerprint density at radius 1 is 1.60 bits per heavy atom. The van der Waals surface area contributed by atoms with Crippen LogP contribution in [0.1, 0.15) is 26.2 Å². The number of nitrogens with two attached hydrogens (primary N) is 1. The third-order valence-corrected chi connectivity index (χ3v) is 2.19. The van der Waals surface area contributed by atoms with E-state index in [2.05, 4.69) is 12.2 Å². The van der Waals surface area contributed by atoms with Crippen LogP contribution in [0, 0.1) is 5.92 Å². The second-order valence-corrected chi connectivity index (χ2v) is 2.89. The van der Waals surface area contributed by atoms with Crippen molar-refractivity contribution >= 4 is 0 Å². The largest absolute Gasteiger partial charge is 0.301 e. The van der Waals surface area contributed by atoms with Gasteiger partial charge in [-0.2, -0.15) is 0 Å². The van der Waals surface area contributed by atoms with E-state index in [4.69, 9.17) is 10.7 Å². The number of rotatable bonds is 2. The van der Waals surface area contributed by atoms with E-state index in [-0.39, 0.29) is 6.10 Å². The maximum absolute atomic E-state index is 5.08. The molecule has 2 atom stereocenters. The summed E-state index contributed by atoms with van der Waals surface area (Å²) < 4.78 is 0. The van der Waals surface area contributed by atoms with Gasteiger partial charge in [0.25, 0.3) is 0 Å². The van der Waals surface area contributed by atoms with Crippen molar-refractivity contribution in [3.05, 3.63) is 12.2 Å². The Morgan fingerprint density at radius 3 is 2.90 bits per heavy atom. The van der Waals surface area contributed by atoms with Gasteiger partial charge in [-0.3, -0.25) is 0 Å². The molecule has 0 aromatic carbocycles. The van der Waals surface area contributed by atoms with Crippen molar-refractivity contribution in [2.75, 3.05) is 0 Å². The molecule has 58 valence electrons. The molecular weight excluding hydrogens is 126 g/mol. The topological polar surface area (TPSA) is 35.2 Å². The summed E-state index contributed by atoms with van der Waals surface area (Å²) in [4.78, 5) is 4.76. The molecule has 2 heteroatoms. The third kappa shape index (κ3) is 1.82. The molecule has 0 radical (unpaired) electrons. The van der Waals surface area contributed by atoms with Crippen LogP contribution in [0.4, 0.5) is 0 Å². The van der Waals surface area contributed by atoms with Crippen molar-refractivity contribution in [2.24, 2.45) is 11.8 Å². The SMILES string of the molecule is CC(ON)C1CC=CCC1. The molecule has 1 aliphatic rings. The van der Waals surface area contributed by atoms with E-state index in [1.165, 1.54) is 12.8 Å². The minimum absolute atomic E-state index is 0.213. The zero-order valence-electron chi connectivity index (χ0n) is 6.42. The van der Waals surface area contributed by atoms with Gasteiger partial charge in [0.15, 0.2) is 0 Å². The predicted octanol–water partition coefficient (Wildman–Crippen LogP) is 1.62. The fraction of sp³-hybridized carbons (Fsp3) is 0.750. The summed E-state index contributed by atoms with van der Waals surface area (Å²) in [6.45, 7) is 2.03. The van der Waals surface area contributed by atoms with Crippen LogP contribution in [0.15, 0.2) is 12.2 Å². The number of allylic oxidation sites excluding steroid dienone is 2. The molecule has 0 spiro atoms. The first kappa shape index (κ1) is 7.76. The smallest absolute Gasteiger partial charge is 0.0790 e. The molecule has 1 aliphatic carbocycles. The van der Waals surface area contributed by atoms with Gasteiger partial charge in [0.2, 0.25) is 0 Å². The highest BCUT2D eigenvalue weighted by molar-refractivity contribution is 4.91. The lowest BCUT2D eigenvalue weighted by atomic mass is 9.90. The highest BCUT2D eigenvalue weighted by Gasteiger charge is 2.16. The van der Waals surface area contributed by atoms with Gasteiger partial charge < -0.3 is 4.84 Å². The summed E-state index contributed by atoms with van der Waals surface area (Å²) in [5, 5.41) is 0. The van der Waals surface area contributed by atoms with E-state index in [0.29, 0.717) is 5.92 Å². The van der Waals surface area contributed by atoms with Crippen molar-refractivity contribution in [2.45, 2.75) is 32.3 Å². The lowest BCUT2D eigenvalue weighted by molar-refractivity contribution is 0.0213. The molecule has 0 aromatic rings. The van der Waals surface area contributed by atoms with Crippen molar-refractivity contribution < 1.29 is 4.84 Å². The standard InChI is InChI=1S/C8H15NO/c1-7(10-9)8-5-3-2-4-6-8/h2-3,7-8H,4-6,9H2,1H3. The summed E-state index contributed by atoms with van der Waals surface area (Å²) in [6, 6.07) is 0. The molecule has 0 heterocycles. The Morgan fingerprint density at radius 2 is 2.40 bits per heavy atom. The van der Waals surface area contributed by atoms with Gasteiger partial charge in [0, 0.05) is 0 Å². The second kappa shape index (κ2) is 3.74. The fourth-order valence-electron chi connectivity index (χ4n) is 1.35. The van der Waals surface area contributed by atoms with Gasteiger partial charge in [0.05, 0.1) is 6.10 Å². The molecule has 0 aliphatic heterocycles. The third-order valence-electron chi connectivity index (χ3n) is 2.19. The van der Waals surface area contributed by atoms with Crippen LogP contribution in [-0.2, 0) is 4.84 Å². The Balaban J connectivity index is 2.33. The summed E-state index contributed by atoms with van der Waals surface area (Å²) in [5.74, 6) is 5.71. The zero-order valence-corrected chi connectivity index (χ0v) is 6.42. The molecule has 0 bridgehead atoms. The zero-order chi connectivity index (χ0) is 7.40. The van der Waals surface area contributed by atoms with Crippen LogP contribution in [0.25, 0.3) is 0 Å². The van der Waals surface area contributed by atoms with E-state index < -0.39 is 0 Å². The average Bonchev–Trinajstić information content (AvgIpc) is 2.05. The summed E-state index contributed by atoms with van der Waals surface area (Å²) in [5.41, 5.74) is 0. The van der Waals surface area contributed by atoms with Crippen molar-refractivity contribution in [1.29, 1.82) is 0 Å². The van der Waals surface area contributed by atoms with Crippen molar-refractivity contribution in [3.63, 3.8) is 0 Å². The molecule has 10 heavy (non-hydrogen) atoms. The minimum Gasteiger partial charge on any atom is -0.301 e. The van der Waals surface area contributed by atoms with Crippen LogP contribution in [-0.4, -0.2) is 6.10 Å². The van der Waals surface area contributed by atoms with Gasteiger partial charge in [-0.25, -0.2) is 5.90 Å². The van der Waals surface area contributed by atoms with E-state index in [0.717, 1.165) is 6.42 Å². The second-order valence-electron chi connectivity index (χ2n) is 2.89. The van der Waals surface area contributed by atoms with E-state index in [1.54, 1.807) is 0 Å². The van der Waals surface area contributed by atoms with E-state index in [9.17, 15) is 0 Å². The first-order chi connectivity index (χ1) is 4.84. The normalized spacial score (nSPS) is 28.4. The number of hydrogen-bond donors (Lipinski definition) is 1. The molecule has 0 amide bonds. The molecule has 1 rings (SSSR count). The molecule has 2 unspecified atom stereocenters. The van der Waals surface area contributed by atoms with Crippen LogP contribution < -0.4 is 5.90 Å². The summed E-state index contributed by atoms with van der Waals surface area (Å²) in [6.07, 6.45) is 8.17. The molecule has 0 aromatic heterocycles. The van der Waals surface area contributed by atoms with Gasteiger partial charge in [-0.05, 0) is 32.1 Å². The van der Waals surface area contributed by atoms with Crippen molar-refractivity contribution in [3.8, 4) is 0 Å². The van der Waals surface area contributed by atoms with Crippen LogP contribution >= 0.6 is 0 Å². The van der Waals surface area contributed by atoms with Crippen LogP contribution in [0.2, 0.25) is 0 Å². The van der Waals surface area contributed by atoms with Gasteiger partial charge in [-0.15, -0.1) is 0 Å². The molecular formula is C8H15NO. The quantitative estimate of drug-likeness (QED) is 0.468. The first-order valence-corrected chi connectivity index (χ1v) is 3.85. The van der Waals surface area contributed by atoms with Gasteiger partial charge in [-0.1, -0.05) is 12.2 Å². The van der Waals surface area contributed by atoms with Crippen molar-refractivity contribution in [1.82, 2.24) is 0 Å². The Hall–Kier alpha value is -0.340. The Bertz CT molecular complexity index is 122. The van der Waals surface area contributed by atoms with Gasteiger partial charge >= 0.3 is 0 Å². The number of hydrogen-bond acceptors (Lipinski definition) is 2. The molecule has 0 saturated heterocycles. The van der Waals surface area contributed by atoms with Crippen LogP contribution in [0.3, 0.4) is 0 Å². The van der Waals surface area contributed by atoms with E-state index >= 15 is 0 Å². The molecule has 2 nitrogen and oxygen atoms in total. The molecule has 2 N–H and O–H groups in total. The van der Waals surface area contributed by atoms with Gasteiger partial charge in [0.1, 0.15) is 0 Å². The van der Waals surface area contributed by atoms with E-state index in [1.807, 2.05) is 6.92 Å². The first-order valence-electron chi connectivity index (χ1n) is 3.85. The Labute approximate surface area is 62.0 Å². The Kier molecular flexibility index (Phi) is 2.90. The molecule has 0 saturated carbocycles. The maximum Gasteiger partial charge on any atom is 0.0790 e. The predicted molar refractivity (Wildman–Crippen MR) is 41.2 cm³/mol.